The maximum absolute atomic E-state index is 11.2. The van der Waals surface area contributed by atoms with E-state index >= 15 is 0 Å². The SMILES string of the molecule is CS(=O)(=O)CCC(=O)NCC1(C(=O)O)CC1. The van der Waals surface area contributed by atoms with Crippen LogP contribution in [0.2, 0.25) is 0 Å². The van der Waals surface area contributed by atoms with Crippen molar-refractivity contribution in [2.24, 2.45) is 5.41 Å². The molecule has 0 bridgehead atoms. The lowest BCUT2D eigenvalue weighted by molar-refractivity contribution is -0.143. The van der Waals surface area contributed by atoms with Crippen molar-refractivity contribution in [2.45, 2.75) is 19.3 Å². The van der Waals surface area contributed by atoms with E-state index < -0.39 is 27.1 Å². The van der Waals surface area contributed by atoms with E-state index in [0.29, 0.717) is 12.8 Å². The quantitative estimate of drug-likeness (QED) is 0.654. The highest BCUT2D eigenvalue weighted by molar-refractivity contribution is 7.90. The third kappa shape index (κ3) is 3.80. The molecule has 92 valence electrons. The highest BCUT2D eigenvalue weighted by Crippen LogP contribution is 2.45. The summed E-state index contributed by atoms with van der Waals surface area (Å²) in [5.41, 5.74) is -0.805. The molecule has 0 unspecified atom stereocenters. The molecule has 1 saturated carbocycles. The third-order valence-corrected chi connectivity index (χ3v) is 3.58. The fourth-order valence-electron chi connectivity index (χ4n) is 1.25. The number of carbonyl (C=O) groups excluding carboxylic acids is 1. The maximum atomic E-state index is 11.2. The number of sulfone groups is 1. The first-order valence-electron chi connectivity index (χ1n) is 4.93. The predicted molar refractivity (Wildman–Crippen MR) is 56.6 cm³/mol. The van der Waals surface area contributed by atoms with Crippen LogP contribution in [0.4, 0.5) is 0 Å². The zero-order valence-corrected chi connectivity index (χ0v) is 9.84. The Balaban J connectivity index is 2.29. The molecule has 16 heavy (non-hydrogen) atoms. The van der Waals surface area contributed by atoms with Crippen molar-refractivity contribution in [3.63, 3.8) is 0 Å². The molecule has 0 spiro atoms. The molecule has 1 aliphatic rings. The van der Waals surface area contributed by atoms with E-state index in [9.17, 15) is 18.0 Å². The van der Waals surface area contributed by atoms with Crippen LogP contribution in [-0.2, 0) is 19.4 Å². The van der Waals surface area contributed by atoms with Gasteiger partial charge in [-0.05, 0) is 12.8 Å². The Morgan fingerprint density at radius 2 is 1.94 bits per heavy atom. The smallest absolute Gasteiger partial charge is 0.311 e. The van der Waals surface area contributed by atoms with Crippen LogP contribution in [0.25, 0.3) is 0 Å². The van der Waals surface area contributed by atoms with Gasteiger partial charge in [-0.15, -0.1) is 0 Å². The summed E-state index contributed by atoms with van der Waals surface area (Å²) in [5, 5.41) is 11.3. The molecule has 7 heteroatoms. The van der Waals surface area contributed by atoms with Crippen LogP contribution in [0.3, 0.4) is 0 Å². The molecule has 1 amide bonds. The van der Waals surface area contributed by atoms with Gasteiger partial charge in [0.15, 0.2) is 0 Å². The molecule has 0 aromatic rings. The van der Waals surface area contributed by atoms with Gasteiger partial charge in [0, 0.05) is 19.2 Å². The molecule has 1 aliphatic carbocycles. The molecule has 1 rings (SSSR count). The second-order valence-corrected chi connectivity index (χ2v) is 6.50. The van der Waals surface area contributed by atoms with Crippen molar-refractivity contribution in [2.75, 3.05) is 18.6 Å². The van der Waals surface area contributed by atoms with Gasteiger partial charge in [-0.2, -0.15) is 0 Å². The van der Waals surface area contributed by atoms with Crippen molar-refractivity contribution in [3.05, 3.63) is 0 Å². The summed E-state index contributed by atoms with van der Waals surface area (Å²) in [6.45, 7) is 0.0882. The molecule has 0 aromatic heterocycles. The second-order valence-electron chi connectivity index (χ2n) is 4.24. The first-order chi connectivity index (χ1) is 7.25. The largest absolute Gasteiger partial charge is 0.481 e. The van der Waals surface area contributed by atoms with Gasteiger partial charge in [0.1, 0.15) is 9.84 Å². The van der Waals surface area contributed by atoms with Gasteiger partial charge in [0.25, 0.3) is 0 Å². The zero-order chi connectivity index (χ0) is 12.4. The van der Waals surface area contributed by atoms with Crippen LogP contribution in [0.1, 0.15) is 19.3 Å². The summed E-state index contributed by atoms with van der Waals surface area (Å²) in [7, 11) is -3.15. The monoisotopic (exact) mass is 249 g/mol. The maximum Gasteiger partial charge on any atom is 0.311 e. The highest BCUT2D eigenvalue weighted by atomic mass is 32.2. The molecule has 0 radical (unpaired) electrons. The second kappa shape index (κ2) is 4.40. The molecular formula is C9H15NO5S. The Bertz CT molecular complexity index is 396. The standard InChI is InChI=1S/C9H15NO5S/c1-16(14,15)5-2-7(11)10-6-9(3-4-9)8(12)13/h2-6H2,1H3,(H,10,11)(H,12,13). The Hall–Kier alpha value is -1.11. The first-order valence-corrected chi connectivity index (χ1v) is 6.99. The number of hydrogen-bond acceptors (Lipinski definition) is 4. The molecule has 0 aromatic carbocycles. The van der Waals surface area contributed by atoms with Gasteiger partial charge in [-0.3, -0.25) is 9.59 Å². The van der Waals surface area contributed by atoms with E-state index in [-0.39, 0.29) is 18.7 Å². The lowest BCUT2D eigenvalue weighted by atomic mass is 10.1. The predicted octanol–water partition coefficient (Wildman–Crippen LogP) is -0.598. The lowest BCUT2D eigenvalue weighted by Crippen LogP contribution is -2.34. The van der Waals surface area contributed by atoms with E-state index in [1.807, 2.05) is 0 Å². The van der Waals surface area contributed by atoms with E-state index in [4.69, 9.17) is 5.11 Å². The summed E-state index contributed by atoms with van der Waals surface area (Å²) >= 11 is 0. The number of nitrogens with one attached hydrogen (secondary N) is 1. The van der Waals surface area contributed by atoms with Gasteiger partial charge in [0.05, 0.1) is 11.2 Å². The molecule has 0 saturated heterocycles. The van der Waals surface area contributed by atoms with Crippen LogP contribution < -0.4 is 5.32 Å². The fourth-order valence-corrected chi connectivity index (χ4v) is 1.81. The van der Waals surface area contributed by atoms with E-state index in [1.165, 1.54) is 0 Å². The van der Waals surface area contributed by atoms with Crippen molar-refractivity contribution in [1.82, 2.24) is 5.32 Å². The summed E-state index contributed by atoms with van der Waals surface area (Å²) in [5.74, 6) is -1.53. The van der Waals surface area contributed by atoms with E-state index in [0.717, 1.165) is 6.26 Å². The number of aliphatic carboxylic acids is 1. The average Bonchev–Trinajstić information content (AvgIpc) is 2.91. The summed E-state index contributed by atoms with van der Waals surface area (Å²) in [6, 6.07) is 0. The average molecular weight is 249 g/mol. The minimum atomic E-state index is -3.15. The van der Waals surface area contributed by atoms with Crippen LogP contribution in [0.15, 0.2) is 0 Å². The summed E-state index contributed by atoms with van der Waals surface area (Å²) in [6.07, 6.45) is 2.07. The lowest BCUT2D eigenvalue weighted by Gasteiger charge is -2.10. The van der Waals surface area contributed by atoms with Gasteiger partial charge in [-0.25, -0.2) is 8.42 Å². The minimum absolute atomic E-state index is 0.0882. The van der Waals surface area contributed by atoms with Crippen LogP contribution in [0, 0.1) is 5.41 Å². The Labute approximate surface area is 93.9 Å². The fraction of sp³-hybridized carbons (Fsp3) is 0.778. The first kappa shape index (κ1) is 13.0. The van der Waals surface area contributed by atoms with Gasteiger partial charge in [0.2, 0.25) is 5.91 Å². The topological polar surface area (TPSA) is 101 Å². The highest BCUT2D eigenvalue weighted by Gasteiger charge is 2.50. The normalized spacial score (nSPS) is 17.8. The number of carboxylic acids is 1. The molecule has 0 heterocycles. The van der Waals surface area contributed by atoms with Crippen LogP contribution >= 0.6 is 0 Å². The van der Waals surface area contributed by atoms with Crippen molar-refractivity contribution >= 4 is 21.7 Å². The molecular weight excluding hydrogens is 234 g/mol. The van der Waals surface area contributed by atoms with Gasteiger partial charge < -0.3 is 10.4 Å². The van der Waals surface area contributed by atoms with Crippen molar-refractivity contribution in [3.8, 4) is 0 Å². The Kier molecular flexibility index (Phi) is 3.57. The molecule has 0 aliphatic heterocycles. The minimum Gasteiger partial charge on any atom is -0.481 e. The van der Waals surface area contributed by atoms with Crippen LogP contribution in [-0.4, -0.2) is 44.0 Å². The molecule has 0 atom stereocenters. The Morgan fingerprint density at radius 1 is 1.38 bits per heavy atom. The number of hydrogen-bond donors (Lipinski definition) is 2. The van der Waals surface area contributed by atoms with E-state index in [2.05, 4.69) is 5.32 Å². The van der Waals surface area contributed by atoms with Crippen molar-refractivity contribution < 1.29 is 23.1 Å². The number of amides is 1. The van der Waals surface area contributed by atoms with Gasteiger partial charge >= 0.3 is 5.97 Å². The number of carbonyl (C=O) groups is 2. The molecule has 6 nitrogen and oxygen atoms in total. The number of rotatable bonds is 6. The third-order valence-electron chi connectivity index (χ3n) is 2.63. The number of carboxylic acid groups (broad SMARTS) is 1. The summed E-state index contributed by atoms with van der Waals surface area (Å²) < 4.78 is 21.6. The zero-order valence-electron chi connectivity index (χ0n) is 9.02. The molecule has 2 N–H and O–H groups in total. The van der Waals surface area contributed by atoms with E-state index in [1.54, 1.807) is 0 Å². The van der Waals surface area contributed by atoms with Crippen molar-refractivity contribution in [1.29, 1.82) is 0 Å². The van der Waals surface area contributed by atoms with Crippen LogP contribution in [0.5, 0.6) is 0 Å². The van der Waals surface area contributed by atoms with Gasteiger partial charge in [-0.1, -0.05) is 0 Å². The summed E-state index contributed by atoms with van der Waals surface area (Å²) in [4.78, 5) is 22.0. The molecule has 1 fully saturated rings. The Morgan fingerprint density at radius 3 is 2.31 bits per heavy atom.